The Morgan fingerprint density at radius 1 is 1.18 bits per heavy atom. The summed E-state index contributed by atoms with van der Waals surface area (Å²) in [7, 11) is 0. The Morgan fingerprint density at radius 2 is 1.91 bits per heavy atom. The van der Waals surface area contributed by atoms with Gasteiger partial charge in [-0.15, -0.1) is 18.9 Å². The third-order valence-electron chi connectivity index (χ3n) is 1.58. The molecule has 0 atom stereocenters. The van der Waals surface area contributed by atoms with Crippen molar-refractivity contribution < 1.29 is 0 Å². The van der Waals surface area contributed by atoms with Crippen LogP contribution in [0.5, 0.6) is 0 Å². The van der Waals surface area contributed by atoms with Crippen LogP contribution in [0.2, 0.25) is 0 Å². The van der Waals surface area contributed by atoms with Gasteiger partial charge < -0.3 is 0 Å². The highest BCUT2D eigenvalue weighted by Gasteiger charge is 1.87. The summed E-state index contributed by atoms with van der Waals surface area (Å²) in [5.41, 5.74) is 0. The lowest BCUT2D eigenvalue weighted by Crippen LogP contribution is -1.78. The lowest BCUT2D eigenvalue weighted by atomic mass is 10.1. The molecule has 0 rings (SSSR count). The molecule has 0 amide bonds. The third-order valence-corrected chi connectivity index (χ3v) is 1.58. The van der Waals surface area contributed by atoms with E-state index in [1.54, 1.807) is 0 Å². The molecule has 0 bridgehead atoms. The van der Waals surface area contributed by atoms with Gasteiger partial charge in [-0.05, 0) is 25.7 Å². The Hall–Kier alpha value is -0.700. The fourth-order valence-corrected chi connectivity index (χ4v) is 0.940. The lowest BCUT2D eigenvalue weighted by Gasteiger charge is -1.96. The van der Waals surface area contributed by atoms with Crippen molar-refractivity contribution in [2.45, 2.75) is 38.5 Å². The predicted octanol–water partition coefficient (Wildman–Crippen LogP) is 3.35. The van der Waals surface area contributed by atoms with E-state index in [2.05, 4.69) is 18.9 Å². The molecule has 0 aromatic rings. The molecule has 0 spiro atoms. The van der Waals surface area contributed by atoms with Crippen LogP contribution in [-0.2, 0) is 0 Å². The summed E-state index contributed by atoms with van der Waals surface area (Å²) < 4.78 is 0. The maximum absolute atomic E-state index is 5.10. The molecule has 0 N–H and O–H groups in total. The quantitative estimate of drug-likeness (QED) is 0.296. The van der Waals surface area contributed by atoms with Crippen molar-refractivity contribution in [2.24, 2.45) is 0 Å². The first-order valence-electron chi connectivity index (χ1n) is 4.28. The standard InChI is InChI=1S/C11H17/c1-3-5-7-9-11-10-8-6-4-2/h1,4,7H,2,5-6,8-11H2. The number of rotatable bonds is 7. The summed E-state index contributed by atoms with van der Waals surface area (Å²) in [5.74, 6) is 2.60. The predicted molar refractivity (Wildman–Crippen MR) is 51.0 cm³/mol. The molecule has 1 radical (unpaired) electrons. The normalized spacial score (nSPS) is 9.00. The minimum atomic E-state index is 0.821. The topological polar surface area (TPSA) is 0 Å². The number of hydrogen-bond donors (Lipinski definition) is 0. The van der Waals surface area contributed by atoms with Gasteiger partial charge in [0, 0.05) is 6.42 Å². The minimum absolute atomic E-state index is 0.821. The largest absolute Gasteiger partial charge is 0.120 e. The molecule has 0 aliphatic heterocycles. The summed E-state index contributed by atoms with van der Waals surface area (Å²) in [4.78, 5) is 0. The van der Waals surface area contributed by atoms with Gasteiger partial charge in [0.05, 0.1) is 0 Å². The molecule has 0 heteroatoms. The van der Waals surface area contributed by atoms with Crippen molar-refractivity contribution in [3.05, 3.63) is 19.1 Å². The van der Waals surface area contributed by atoms with Crippen molar-refractivity contribution in [3.63, 3.8) is 0 Å². The van der Waals surface area contributed by atoms with Gasteiger partial charge in [-0.25, -0.2) is 0 Å². The van der Waals surface area contributed by atoms with E-state index in [1.165, 1.54) is 25.7 Å². The van der Waals surface area contributed by atoms with E-state index in [-0.39, 0.29) is 0 Å². The van der Waals surface area contributed by atoms with Crippen LogP contribution in [-0.4, -0.2) is 0 Å². The zero-order valence-corrected chi connectivity index (χ0v) is 7.18. The minimum Gasteiger partial charge on any atom is -0.120 e. The first-order chi connectivity index (χ1) is 5.41. The second kappa shape index (κ2) is 9.30. The van der Waals surface area contributed by atoms with Crippen LogP contribution in [0.25, 0.3) is 0 Å². The van der Waals surface area contributed by atoms with Gasteiger partial charge in [0.1, 0.15) is 0 Å². The summed E-state index contributed by atoms with van der Waals surface area (Å²) in [6, 6.07) is 0. The zero-order chi connectivity index (χ0) is 8.36. The molecule has 0 aliphatic carbocycles. The Balaban J connectivity index is 2.80. The van der Waals surface area contributed by atoms with E-state index < -0.39 is 0 Å². The molecule has 0 aliphatic rings. The van der Waals surface area contributed by atoms with Crippen LogP contribution < -0.4 is 0 Å². The van der Waals surface area contributed by atoms with Gasteiger partial charge in [0.25, 0.3) is 0 Å². The average molecular weight is 149 g/mol. The van der Waals surface area contributed by atoms with E-state index >= 15 is 0 Å². The monoisotopic (exact) mass is 149 g/mol. The van der Waals surface area contributed by atoms with E-state index in [9.17, 15) is 0 Å². The maximum atomic E-state index is 5.10. The number of hydrogen-bond acceptors (Lipinski definition) is 0. The van der Waals surface area contributed by atoms with E-state index in [4.69, 9.17) is 6.42 Å². The molecule has 0 aromatic heterocycles. The molecule has 0 fully saturated rings. The van der Waals surface area contributed by atoms with Crippen molar-refractivity contribution in [2.75, 3.05) is 0 Å². The highest BCUT2D eigenvalue weighted by molar-refractivity contribution is 4.90. The molecule has 0 nitrogen and oxygen atoms in total. The fourth-order valence-electron chi connectivity index (χ4n) is 0.940. The fraction of sp³-hybridized carbons (Fsp3) is 0.545. The molecule has 0 saturated carbocycles. The first kappa shape index (κ1) is 10.3. The van der Waals surface area contributed by atoms with Gasteiger partial charge in [0.2, 0.25) is 0 Å². The molecule has 11 heavy (non-hydrogen) atoms. The molecule has 0 saturated heterocycles. The Bertz CT molecular complexity index is 116. The van der Waals surface area contributed by atoms with Crippen molar-refractivity contribution in [1.82, 2.24) is 0 Å². The summed E-state index contributed by atoms with van der Waals surface area (Å²) in [6.45, 7) is 3.67. The van der Waals surface area contributed by atoms with Crippen molar-refractivity contribution in [1.29, 1.82) is 0 Å². The number of allylic oxidation sites excluding steroid dienone is 1. The Labute approximate surface area is 70.7 Å². The van der Waals surface area contributed by atoms with Gasteiger partial charge in [-0.3, -0.25) is 0 Å². The van der Waals surface area contributed by atoms with Crippen molar-refractivity contribution in [3.8, 4) is 12.3 Å². The number of terminal acetylenes is 1. The molecule has 0 unspecified atom stereocenters. The molecular weight excluding hydrogens is 132 g/mol. The van der Waals surface area contributed by atoms with Crippen molar-refractivity contribution >= 4 is 0 Å². The van der Waals surface area contributed by atoms with E-state index in [0.29, 0.717) is 0 Å². The Morgan fingerprint density at radius 3 is 2.55 bits per heavy atom. The average Bonchev–Trinajstić information content (AvgIpc) is 2.03. The second-order valence-corrected chi connectivity index (χ2v) is 2.62. The van der Waals surface area contributed by atoms with Crippen LogP contribution >= 0.6 is 0 Å². The summed E-state index contributed by atoms with van der Waals surface area (Å²) >= 11 is 0. The first-order valence-corrected chi connectivity index (χ1v) is 4.28. The number of unbranched alkanes of at least 4 members (excludes halogenated alkanes) is 6. The van der Waals surface area contributed by atoms with Crippen LogP contribution in [0.3, 0.4) is 0 Å². The lowest BCUT2D eigenvalue weighted by molar-refractivity contribution is 0.678. The molecule has 61 valence electrons. The van der Waals surface area contributed by atoms with Gasteiger partial charge in [-0.1, -0.05) is 18.9 Å². The molecule has 0 aromatic carbocycles. The van der Waals surface area contributed by atoms with E-state index in [1.807, 2.05) is 6.08 Å². The molecular formula is C11H17. The maximum Gasteiger partial charge on any atom is 0.0117 e. The summed E-state index contributed by atoms with van der Waals surface area (Å²) in [6.07, 6.45) is 16.2. The van der Waals surface area contributed by atoms with Crippen LogP contribution in [0.15, 0.2) is 12.7 Å². The van der Waals surface area contributed by atoms with Crippen LogP contribution in [0.4, 0.5) is 0 Å². The molecule has 0 heterocycles. The SMILES string of the molecule is C#CC[CH]CCCCCC=C. The zero-order valence-electron chi connectivity index (χ0n) is 7.18. The van der Waals surface area contributed by atoms with E-state index in [0.717, 1.165) is 12.8 Å². The van der Waals surface area contributed by atoms with Crippen LogP contribution in [0, 0.1) is 18.8 Å². The summed E-state index contributed by atoms with van der Waals surface area (Å²) in [5, 5.41) is 0. The highest BCUT2D eigenvalue weighted by atomic mass is 13.9. The van der Waals surface area contributed by atoms with Gasteiger partial charge in [0.15, 0.2) is 0 Å². The van der Waals surface area contributed by atoms with Gasteiger partial charge >= 0.3 is 0 Å². The smallest absolute Gasteiger partial charge is 0.0117 e. The third kappa shape index (κ3) is 9.30. The highest BCUT2D eigenvalue weighted by Crippen LogP contribution is 2.05. The van der Waals surface area contributed by atoms with Gasteiger partial charge in [-0.2, -0.15) is 0 Å². The second-order valence-electron chi connectivity index (χ2n) is 2.62. The Kier molecular flexibility index (Phi) is 8.71. The van der Waals surface area contributed by atoms with Crippen LogP contribution in [0.1, 0.15) is 38.5 Å².